The summed E-state index contributed by atoms with van der Waals surface area (Å²) in [5.74, 6) is 1.75. The standard InChI is InChI=1S/C27H25Cl2N7O2/c1-2-3-12-24-32-36(23-11-7-6-10-22(23)29)27(37)35(24)17-18-13-15-19(16-14-18)38-25(26-30-33-34-31-26)20-8-4-5-9-21(20)28/h4-11,13-16,25H,2-3,12,17H2,1H3,(H,30,31,33,34). The van der Waals surface area contributed by atoms with Gasteiger partial charge < -0.3 is 4.74 Å². The lowest BCUT2D eigenvalue weighted by Gasteiger charge is -2.18. The number of hydrogen-bond donors (Lipinski definition) is 1. The molecular weight excluding hydrogens is 525 g/mol. The van der Waals surface area contributed by atoms with Crippen molar-refractivity contribution in [3.05, 3.63) is 116 Å². The van der Waals surface area contributed by atoms with Crippen LogP contribution in [0.2, 0.25) is 10.0 Å². The van der Waals surface area contributed by atoms with Crippen molar-refractivity contribution in [1.29, 1.82) is 0 Å². The van der Waals surface area contributed by atoms with Gasteiger partial charge in [-0.2, -0.15) is 4.68 Å². The van der Waals surface area contributed by atoms with Crippen LogP contribution in [0.5, 0.6) is 5.75 Å². The van der Waals surface area contributed by atoms with Crippen LogP contribution in [0.25, 0.3) is 5.69 Å². The Morgan fingerprint density at radius 2 is 1.71 bits per heavy atom. The van der Waals surface area contributed by atoms with E-state index in [1.807, 2.05) is 54.6 Å². The van der Waals surface area contributed by atoms with Gasteiger partial charge in [-0.05, 0) is 52.7 Å². The number of tetrazole rings is 1. The molecule has 194 valence electrons. The summed E-state index contributed by atoms with van der Waals surface area (Å²) in [6, 6.07) is 22.1. The number of ether oxygens (including phenoxy) is 1. The Kier molecular flexibility index (Phi) is 7.86. The zero-order valence-electron chi connectivity index (χ0n) is 20.6. The minimum absolute atomic E-state index is 0.235. The number of hydrogen-bond acceptors (Lipinski definition) is 6. The van der Waals surface area contributed by atoms with Gasteiger partial charge in [0.1, 0.15) is 11.6 Å². The number of rotatable bonds is 10. The van der Waals surface area contributed by atoms with E-state index in [2.05, 4.69) is 32.6 Å². The van der Waals surface area contributed by atoms with Crippen LogP contribution in [0.15, 0.2) is 77.6 Å². The van der Waals surface area contributed by atoms with Gasteiger partial charge >= 0.3 is 5.69 Å². The smallest absolute Gasteiger partial charge is 0.351 e. The minimum Gasteiger partial charge on any atom is -0.478 e. The molecule has 1 unspecified atom stereocenters. The second-order valence-corrected chi connectivity index (χ2v) is 9.52. The first kappa shape index (κ1) is 25.7. The van der Waals surface area contributed by atoms with E-state index in [0.717, 1.165) is 24.0 Å². The number of aromatic amines is 1. The fourth-order valence-corrected chi connectivity index (χ4v) is 4.57. The number of aryl methyl sites for hydroxylation is 1. The predicted molar refractivity (Wildman–Crippen MR) is 145 cm³/mol. The van der Waals surface area contributed by atoms with Crippen LogP contribution in [-0.2, 0) is 13.0 Å². The summed E-state index contributed by atoms with van der Waals surface area (Å²) in [5, 5.41) is 19.8. The highest BCUT2D eigenvalue weighted by atomic mass is 35.5. The third-order valence-corrected chi connectivity index (χ3v) is 6.75. The Labute approximate surface area is 229 Å². The number of nitrogens with one attached hydrogen (secondary N) is 1. The molecule has 5 aromatic rings. The molecule has 5 rings (SSSR count). The first-order valence-electron chi connectivity index (χ1n) is 12.2. The highest BCUT2D eigenvalue weighted by Gasteiger charge is 2.23. The van der Waals surface area contributed by atoms with Gasteiger partial charge in [0.2, 0.25) is 0 Å². The second kappa shape index (κ2) is 11.6. The largest absolute Gasteiger partial charge is 0.478 e. The average Bonchev–Trinajstić information content (AvgIpc) is 3.57. The fourth-order valence-electron chi connectivity index (χ4n) is 4.12. The quantitative estimate of drug-likeness (QED) is 0.249. The van der Waals surface area contributed by atoms with Gasteiger partial charge in [0.25, 0.3) is 0 Å². The molecule has 0 saturated heterocycles. The number of para-hydroxylation sites is 1. The summed E-state index contributed by atoms with van der Waals surface area (Å²) < 4.78 is 9.32. The van der Waals surface area contributed by atoms with E-state index in [0.29, 0.717) is 46.1 Å². The molecule has 0 radical (unpaired) electrons. The molecule has 0 aliphatic rings. The van der Waals surface area contributed by atoms with Gasteiger partial charge in [-0.25, -0.2) is 9.89 Å². The first-order valence-corrected chi connectivity index (χ1v) is 13.0. The molecule has 9 nitrogen and oxygen atoms in total. The van der Waals surface area contributed by atoms with E-state index in [1.54, 1.807) is 22.8 Å². The van der Waals surface area contributed by atoms with Crippen LogP contribution in [-0.4, -0.2) is 35.0 Å². The highest BCUT2D eigenvalue weighted by Crippen LogP contribution is 2.31. The van der Waals surface area contributed by atoms with Crippen molar-refractivity contribution in [3.63, 3.8) is 0 Å². The third kappa shape index (κ3) is 5.49. The Hall–Kier alpha value is -3.95. The molecule has 3 aromatic carbocycles. The first-order chi connectivity index (χ1) is 18.5. The van der Waals surface area contributed by atoms with Crippen molar-refractivity contribution in [2.75, 3.05) is 0 Å². The third-order valence-electron chi connectivity index (χ3n) is 6.09. The number of H-pyrrole nitrogens is 1. The summed E-state index contributed by atoms with van der Waals surface area (Å²) in [7, 11) is 0. The second-order valence-electron chi connectivity index (χ2n) is 8.70. The van der Waals surface area contributed by atoms with Gasteiger partial charge in [0.05, 0.1) is 17.3 Å². The maximum atomic E-state index is 13.4. The van der Waals surface area contributed by atoms with Crippen LogP contribution >= 0.6 is 23.2 Å². The van der Waals surface area contributed by atoms with Crippen molar-refractivity contribution in [2.24, 2.45) is 0 Å². The molecule has 0 bridgehead atoms. The summed E-state index contributed by atoms with van der Waals surface area (Å²) in [6.07, 6.45) is 1.98. The van der Waals surface area contributed by atoms with Crippen LogP contribution < -0.4 is 10.4 Å². The Morgan fingerprint density at radius 3 is 2.39 bits per heavy atom. The molecule has 38 heavy (non-hydrogen) atoms. The number of halogens is 2. The van der Waals surface area contributed by atoms with Gasteiger partial charge in [-0.1, -0.05) is 79.0 Å². The van der Waals surface area contributed by atoms with Gasteiger partial charge in [-0.3, -0.25) is 4.57 Å². The number of nitrogens with zero attached hydrogens (tertiary/aromatic N) is 6. The lowest BCUT2D eigenvalue weighted by atomic mass is 10.1. The number of benzene rings is 3. The molecule has 11 heteroatoms. The van der Waals surface area contributed by atoms with Crippen molar-refractivity contribution in [3.8, 4) is 11.4 Å². The molecule has 1 N–H and O–H groups in total. The van der Waals surface area contributed by atoms with Crippen LogP contribution in [0.3, 0.4) is 0 Å². The van der Waals surface area contributed by atoms with Crippen molar-refractivity contribution < 1.29 is 4.74 Å². The van der Waals surface area contributed by atoms with Crippen LogP contribution in [0.4, 0.5) is 0 Å². The van der Waals surface area contributed by atoms with Crippen molar-refractivity contribution >= 4 is 23.2 Å². The fraction of sp³-hybridized carbons (Fsp3) is 0.222. The topological polar surface area (TPSA) is 104 Å². The SMILES string of the molecule is CCCCc1nn(-c2ccccc2Cl)c(=O)n1Cc1ccc(OC(c2nnn[nH]2)c2ccccc2Cl)cc1. The molecule has 0 spiro atoms. The van der Waals surface area contributed by atoms with E-state index in [-0.39, 0.29) is 5.69 Å². The van der Waals surface area contributed by atoms with E-state index < -0.39 is 6.10 Å². The average molecular weight is 550 g/mol. The van der Waals surface area contributed by atoms with Crippen molar-refractivity contribution in [2.45, 2.75) is 38.8 Å². The maximum Gasteiger partial charge on any atom is 0.351 e. The number of aromatic nitrogens is 7. The zero-order chi connectivity index (χ0) is 26.5. The summed E-state index contributed by atoms with van der Waals surface area (Å²) in [6.45, 7) is 2.47. The van der Waals surface area contributed by atoms with Crippen LogP contribution in [0, 0.1) is 0 Å². The number of unbranched alkanes of at least 4 members (excludes halogenated alkanes) is 1. The van der Waals surface area contributed by atoms with Gasteiger partial charge in [0, 0.05) is 17.0 Å². The summed E-state index contributed by atoms with van der Waals surface area (Å²) >= 11 is 12.8. The Balaban J connectivity index is 1.41. The molecule has 0 aliphatic heterocycles. The predicted octanol–water partition coefficient (Wildman–Crippen LogP) is 5.41. The molecular formula is C27H25Cl2N7O2. The maximum absolute atomic E-state index is 13.4. The molecule has 0 amide bonds. The van der Waals surface area contributed by atoms with Gasteiger partial charge in [-0.15, -0.1) is 10.2 Å². The van der Waals surface area contributed by atoms with Gasteiger partial charge in [0.15, 0.2) is 11.9 Å². The Bertz CT molecular complexity index is 1560. The Morgan fingerprint density at radius 1 is 0.974 bits per heavy atom. The summed E-state index contributed by atoms with van der Waals surface area (Å²) in [4.78, 5) is 13.4. The molecule has 2 heterocycles. The molecule has 2 aromatic heterocycles. The molecule has 0 fully saturated rings. The molecule has 1 atom stereocenters. The van der Waals surface area contributed by atoms with E-state index >= 15 is 0 Å². The monoisotopic (exact) mass is 549 g/mol. The highest BCUT2D eigenvalue weighted by molar-refractivity contribution is 6.32. The normalized spacial score (nSPS) is 12.0. The lowest BCUT2D eigenvalue weighted by molar-refractivity contribution is 0.237. The lowest BCUT2D eigenvalue weighted by Crippen LogP contribution is -2.25. The van der Waals surface area contributed by atoms with E-state index in [4.69, 9.17) is 27.9 Å². The summed E-state index contributed by atoms with van der Waals surface area (Å²) in [5.41, 5.74) is 1.98. The van der Waals surface area contributed by atoms with E-state index in [9.17, 15) is 4.79 Å². The molecule has 0 aliphatic carbocycles. The van der Waals surface area contributed by atoms with Crippen LogP contribution in [0.1, 0.15) is 48.6 Å². The van der Waals surface area contributed by atoms with E-state index in [1.165, 1.54) is 4.68 Å². The van der Waals surface area contributed by atoms with Crippen molar-refractivity contribution in [1.82, 2.24) is 35.0 Å². The minimum atomic E-state index is -0.623. The molecule has 0 saturated carbocycles. The zero-order valence-corrected chi connectivity index (χ0v) is 22.1.